The average Bonchev–Trinajstić information content (AvgIpc) is 3.06. The maximum absolute atomic E-state index is 13.5. The lowest BCUT2D eigenvalue weighted by atomic mass is 10.0. The standard InChI is InChI=1S/C22H28N2O3S.C2H4O/c1-23(2)14-15-24-18-10-5-6-11-19(18)28-21(20(27-4)22(24)25)16-8-7-9-17(26-3)13-12-16;1-2-3/h5-6,8-13,20-21H,7,14-15H2,1-4H3;2H,1H3. The first-order chi connectivity index (χ1) is 15.0. The lowest BCUT2D eigenvalue weighted by Gasteiger charge is -2.28. The van der Waals surface area contributed by atoms with Crippen molar-refractivity contribution in [3.8, 4) is 0 Å². The Morgan fingerprint density at radius 1 is 1.19 bits per heavy atom. The fourth-order valence-corrected chi connectivity index (χ4v) is 4.76. The van der Waals surface area contributed by atoms with Crippen molar-refractivity contribution in [2.45, 2.75) is 29.6 Å². The van der Waals surface area contributed by atoms with Gasteiger partial charge in [0.15, 0.2) is 6.10 Å². The van der Waals surface area contributed by atoms with Crippen molar-refractivity contribution in [3.63, 3.8) is 0 Å². The van der Waals surface area contributed by atoms with Crippen LogP contribution in [0.4, 0.5) is 5.69 Å². The van der Waals surface area contributed by atoms with E-state index >= 15 is 0 Å². The fourth-order valence-electron chi connectivity index (χ4n) is 3.37. The summed E-state index contributed by atoms with van der Waals surface area (Å²) in [7, 11) is 7.32. The monoisotopic (exact) mass is 444 g/mol. The summed E-state index contributed by atoms with van der Waals surface area (Å²) in [4.78, 5) is 27.3. The van der Waals surface area contributed by atoms with E-state index in [9.17, 15) is 4.79 Å². The molecule has 7 heteroatoms. The Morgan fingerprint density at radius 2 is 1.90 bits per heavy atom. The van der Waals surface area contributed by atoms with E-state index in [4.69, 9.17) is 14.3 Å². The molecule has 1 aliphatic carbocycles. The molecule has 0 spiro atoms. The number of rotatable bonds is 6. The molecule has 1 aromatic carbocycles. The van der Waals surface area contributed by atoms with Gasteiger partial charge in [-0.1, -0.05) is 24.3 Å². The molecular formula is C24H32N2O4S. The molecule has 2 unspecified atom stereocenters. The topological polar surface area (TPSA) is 59.1 Å². The molecular weight excluding hydrogens is 412 g/mol. The van der Waals surface area contributed by atoms with E-state index in [1.807, 2.05) is 55.4 Å². The van der Waals surface area contributed by atoms with Crippen LogP contribution in [0.15, 0.2) is 64.8 Å². The number of carbonyl (C=O) groups excluding carboxylic acids is 2. The van der Waals surface area contributed by atoms with Gasteiger partial charge < -0.3 is 24.1 Å². The zero-order chi connectivity index (χ0) is 22.8. The number of fused-ring (bicyclic) bond motifs is 1. The van der Waals surface area contributed by atoms with E-state index in [-0.39, 0.29) is 11.2 Å². The summed E-state index contributed by atoms with van der Waals surface area (Å²) in [6.07, 6.45) is 9.14. The Morgan fingerprint density at radius 3 is 2.55 bits per heavy atom. The van der Waals surface area contributed by atoms with Crippen LogP contribution >= 0.6 is 11.8 Å². The lowest BCUT2D eigenvalue weighted by Crippen LogP contribution is -2.46. The third-order valence-corrected chi connectivity index (χ3v) is 6.27. The van der Waals surface area contributed by atoms with E-state index < -0.39 is 6.10 Å². The van der Waals surface area contributed by atoms with Gasteiger partial charge in [0.1, 0.15) is 12.0 Å². The lowest BCUT2D eigenvalue weighted by molar-refractivity contribution is -0.127. The number of allylic oxidation sites excluding steroid dienone is 4. The number of amides is 1. The van der Waals surface area contributed by atoms with Crippen molar-refractivity contribution in [2.24, 2.45) is 0 Å². The molecule has 1 heterocycles. The second-order valence-corrected chi connectivity index (χ2v) is 8.46. The molecule has 1 amide bonds. The van der Waals surface area contributed by atoms with Crippen molar-refractivity contribution in [1.29, 1.82) is 0 Å². The molecule has 0 aromatic heterocycles. The molecule has 3 rings (SSSR count). The number of hydrogen-bond donors (Lipinski definition) is 0. The maximum atomic E-state index is 13.5. The van der Waals surface area contributed by atoms with E-state index in [0.29, 0.717) is 6.54 Å². The highest BCUT2D eigenvalue weighted by Crippen LogP contribution is 2.42. The second kappa shape index (κ2) is 12.5. The predicted molar refractivity (Wildman–Crippen MR) is 126 cm³/mol. The minimum atomic E-state index is -0.556. The number of anilines is 1. The van der Waals surface area contributed by atoms with Crippen LogP contribution in [0.2, 0.25) is 0 Å². The molecule has 168 valence electrons. The molecule has 0 radical (unpaired) electrons. The van der Waals surface area contributed by atoms with Crippen molar-refractivity contribution in [2.75, 3.05) is 46.3 Å². The Kier molecular flexibility index (Phi) is 10.0. The van der Waals surface area contributed by atoms with Gasteiger partial charge in [0.25, 0.3) is 5.91 Å². The van der Waals surface area contributed by atoms with Crippen LogP contribution in [-0.2, 0) is 19.1 Å². The van der Waals surface area contributed by atoms with Crippen LogP contribution in [0.1, 0.15) is 13.3 Å². The highest BCUT2D eigenvalue weighted by Gasteiger charge is 2.39. The van der Waals surface area contributed by atoms with Gasteiger partial charge in [-0.2, -0.15) is 0 Å². The molecule has 0 saturated carbocycles. The SMILES string of the molecule is CC=O.COC1=CCC=C(C2Sc3ccccc3N(CCN(C)C)C(=O)C2OC)C=C1. The van der Waals surface area contributed by atoms with Gasteiger partial charge in [-0.3, -0.25) is 4.79 Å². The Hall–Kier alpha value is -2.35. The van der Waals surface area contributed by atoms with Gasteiger partial charge >= 0.3 is 0 Å². The average molecular weight is 445 g/mol. The summed E-state index contributed by atoms with van der Waals surface area (Å²) in [6.45, 7) is 2.86. The highest BCUT2D eigenvalue weighted by molar-refractivity contribution is 8.00. The van der Waals surface area contributed by atoms with Gasteiger partial charge in [0.2, 0.25) is 0 Å². The quantitative estimate of drug-likeness (QED) is 0.624. The number of methoxy groups -OCH3 is 2. The number of nitrogens with zero attached hydrogens (tertiary/aromatic N) is 2. The molecule has 1 aliphatic heterocycles. The van der Waals surface area contributed by atoms with E-state index in [1.54, 1.807) is 26.0 Å². The molecule has 0 bridgehead atoms. The van der Waals surface area contributed by atoms with Gasteiger partial charge in [-0.25, -0.2) is 0 Å². The van der Waals surface area contributed by atoms with Crippen LogP contribution in [0.5, 0.6) is 0 Å². The second-order valence-electron chi connectivity index (χ2n) is 7.28. The molecule has 0 saturated heterocycles. The summed E-state index contributed by atoms with van der Waals surface area (Å²) in [6, 6.07) is 8.11. The van der Waals surface area contributed by atoms with Crippen LogP contribution in [0.25, 0.3) is 0 Å². The van der Waals surface area contributed by atoms with Gasteiger partial charge in [-0.15, -0.1) is 11.8 Å². The molecule has 0 fully saturated rings. The smallest absolute Gasteiger partial charge is 0.257 e. The van der Waals surface area contributed by atoms with E-state index in [0.717, 1.165) is 41.2 Å². The molecule has 2 aliphatic rings. The summed E-state index contributed by atoms with van der Waals surface area (Å²) >= 11 is 1.69. The van der Waals surface area contributed by atoms with Crippen LogP contribution in [0.3, 0.4) is 0 Å². The van der Waals surface area contributed by atoms with Gasteiger partial charge in [0.05, 0.1) is 18.0 Å². The van der Waals surface area contributed by atoms with Crippen LogP contribution in [0, 0.1) is 0 Å². The first-order valence-corrected chi connectivity index (χ1v) is 11.1. The first kappa shape index (κ1) is 24.9. The summed E-state index contributed by atoms with van der Waals surface area (Å²) in [5.41, 5.74) is 2.04. The molecule has 2 atom stereocenters. The van der Waals surface area contributed by atoms with Crippen molar-refractivity contribution < 1.29 is 19.1 Å². The Balaban J connectivity index is 0.00000107. The normalized spacial score (nSPS) is 20.6. The number of hydrogen-bond acceptors (Lipinski definition) is 6. The third kappa shape index (κ3) is 6.56. The number of ether oxygens (including phenoxy) is 2. The van der Waals surface area contributed by atoms with Crippen molar-refractivity contribution in [3.05, 3.63) is 59.9 Å². The van der Waals surface area contributed by atoms with E-state index in [1.165, 1.54) is 6.92 Å². The Bertz CT molecular complexity index is 848. The third-order valence-electron chi connectivity index (χ3n) is 4.90. The highest BCUT2D eigenvalue weighted by atomic mass is 32.2. The number of thioether (sulfide) groups is 1. The number of aldehydes is 1. The molecule has 0 N–H and O–H groups in total. The first-order valence-electron chi connectivity index (χ1n) is 10.2. The predicted octanol–water partition coefficient (Wildman–Crippen LogP) is 3.69. The minimum absolute atomic E-state index is 0.00488. The van der Waals surface area contributed by atoms with Crippen LogP contribution < -0.4 is 4.90 Å². The molecule has 1 aromatic rings. The van der Waals surface area contributed by atoms with Crippen molar-refractivity contribution >= 4 is 29.6 Å². The zero-order valence-corrected chi connectivity index (χ0v) is 19.7. The van der Waals surface area contributed by atoms with E-state index in [2.05, 4.69) is 17.0 Å². The number of carbonyl (C=O) groups is 2. The summed E-state index contributed by atoms with van der Waals surface area (Å²) in [5.74, 6) is 0.837. The molecule has 6 nitrogen and oxygen atoms in total. The van der Waals surface area contributed by atoms with Crippen LogP contribution in [-0.4, -0.2) is 69.9 Å². The largest absolute Gasteiger partial charge is 0.497 e. The number of likely N-dealkylation sites (N-methyl/N-ethyl adjacent to an activating group) is 1. The summed E-state index contributed by atoms with van der Waals surface area (Å²) in [5, 5.41) is -0.121. The minimum Gasteiger partial charge on any atom is -0.497 e. The van der Waals surface area contributed by atoms with Crippen molar-refractivity contribution in [1.82, 2.24) is 4.90 Å². The number of benzene rings is 1. The summed E-state index contributed by atoms with van der Waals surface area (Å²) < 4.78 is 11.1. The van der Waals surface area contributed by atoms with Gasteiger partial charge in [0, 0.05) is 25.1 Å². The van der Waals surface area contributed by atoms with Gasteiger partial charge in [-0.05, 0) is 57.3 Å². The molecule has 31 heavy (non-hydrogen) atoms. The zero-order valence-electron chi connectivity index (χ0n) is 18.9. The maximum Gasteiger partial charge on any atom is 0.257 e. The fraction of sp³-hybridized carbons (Fsp3) is 0.417. The number of para-hydroxylation sites is 1. The Labute approximate surface area is 189 Å².